The average molecular weight is 321 g/mol. The van der Waals surface area contributed by atoms with Crippen LogP contribution in [-0.4, -0.2) is 29.6 Å². The van der Waals surface area contributed by atoms with E-state index in [4.69, 9.17) is 5.11 Å². The second-order valence-electron chi connectivity index (χ2n) is 6.44. The molecule has 1 N–H and O–H groups in total. The maximum Gasteiger partial charge on any atom is 0.321 e. The highest BCUT2D eigenvalue weighted by Crippen LogP contribution is 2.19. The summed E-state index contributed by atoms with van der Waals surface area (Å²) in [7, 11) is 2.06. The number of aliphatic carboxylic acids is 1. The Bertz CT molecular complexity index is 804. The molecule has 0 unspecified atom stereocenters. The molecular formula is C21H23NO2. The van der Waals surface area contributed by atoms with Crippen molar-refractivity contribution in [2.75, 3.05) is 13.6 Å². The summed E-state index contributed by atoms with van der Waals surface area (Å²) < 4.78 is 0. The van der Waals surface area contributed by atoms with Gasteiger partial charge < -0.3 is 5.11 Å². The fourth-order valence-electron chi connectivity index (χ4n) is 2.35. The fraction of sp³-hybridized carbons (Fsp3) is 0.286. The summed E-state index contributed by atoms with van der Waals surface area (Å²) in [5.74, 6) is 4.66. The highest BCUT2D eigenvalue weighted by Gasteiger charge is 2.23. The second kappa shape index (κ2) is 7.81. The Balaban J connectivity index is 1.96. The minimum atomic E-state index is -1.01. The lowest BCUT2D eigenvalue weighted by Gasteiger charge is -2.16. The summed E-state index contributed by atoms with van der Waals surface area (Å²) >= 11 is 0. The van der Waals surface area contributed by atoms with Crippen LogP contribution in [0, 0.1) is 17.3 Å². The van der Waals surface area contributed by atoms with Gasteiger partial charge in [-0.1, -0.05) is 60.4 Å². The van der Waals surface area contributed by atoms with E-state index in [0.29, 0.717) is 0 Å². The van der Waals surface area contributed by atoms with Gasteiger partial charge in [0.2, 0.25) is 0 Å². The van der Waals surface area contributed by atoms with E-state index in [1.54, 1.807) is 19.9 Å². The van der Waals surface area contributed by atoms with Crippen molar-refractivity contribution in [2.24, 2.45) is 5.41 Å². The van der Waals surface area contributed by atoms with Crippen molar-refractivity contribution in [3.8, 4) is 11.8 Å². The molecular weight excluding hydrogens is 298 g/mol. The van der Waals surface area contributed by atoms with E-state index in [9.17, 15) is 4.79 Å². The molecule has 3 nitrogen and oxygen atoms in total. The van der Waals surface area contributed by atoms with Crippen LogP contribution in [0.25, 0.3) is 10.8 Å². The molecule has 0 atom stereocenters. The number of nitrogens with zero attached hydrogens (tertiary/aromatic N) is 1. The van der Waals surface area contributed by atoms with Crippen molar-refractivity contribution in [3.63, 3.8) is 0 Å². The van der Waals surface area contributed by atoms with Crippen LogP contribution >= 0.6 is 0 Å². The van der Waals surface area contributed by atoms with Crippen LogP contribution in [-0.2, 0) is 11.3 Å². The summed E-state index contributed by atoms with van der Waals surface area (Å²) in [6.07, 6.45) is 3.68. The van der Waals surface area contributed by atoms with E-state index in [1.807, 2.05) is 6.08 Å². The van der Waals surface area contributed by atoms with Gasteiger partial charge >= 0.3 is 5.97 Å². The Hall–Kier alpha value is -2.57. The molecule has 0 spiro atoms. The first-order chi connectivity index (χ1) is 11.4. The molecule has 0 amide bonds. The summed E-state index contributed by atoms with van der Waals surface area (Å²) in [6.45, 7) is 4.80. The molecule has 0 aromatic heterocycles. The molecule has 0 saturated carbocycles. The highest BCUT2D eigenvalue weighted by molar-refractivity contribution is 5.85. The lowest BCUT2D eigenvalue weighted by Crippen LogP contribution is -2.21. The number of carbonyl (C=O) groups is 1. The van der Waals surface area contributed by atoms with Gasteiger partial charge in [-0.3, -0.25) is 9.69 Å². The van der Waals surface area contributed by atoms with Crippen LogP contribution in [0.15, 0.2) is 54.6 Å². The van der Waals surface area contributed by atoms with Gasteiger partial charge in [0, 0.05) is 13.1 Å². The van der Waals surface area contributed by atoms with E-state index in [0.717, 1.165) is 13.1 Å². The molecule has 0 aliphatic heterocycles. The van der Waals surface area contributed by atoms with Gasteiger partial charge in [0.15, 0.2) is 0 Å². The zero-order valence-electron chi connectivity index (χ0n) is 14.4. The van der Waals surface area contributed by atoms with Crippen molar-refractivity contribution in [1.82, 2.24) is 4.90 Å². The maximum absolute atomic E-state index is 11.0. The smallest absolute Gasteiger partial charge is 0.321 e. The summed E-state index contributed by atoms with van der Waals surface area (Å²) in [5.41, 5.74) is 0.279. The van der Waals surface area contributed by atoms with E-state index in [1.165, 1.54) is 16.3 Å². The lowest BCUT2D eigenvalue weighted by molar-refractivity contribution is -0.143. The lowest BCUT2D eigenvalue weighted by atomic mass is 9.95. The average Bonchev–Trinajstić information content (AvgIpc) is 2.54. The molecule has 0 fully saturated rings. The Morgan fingerprint density at radius 1 is 1.21 bits per heavy atom. The van der Waals surface area contributed by atoms with Crippen LogP contribution in [0.2, 0.25) is 0 Å². The monoisotopic (exact) mass is 321 g/mol. The molecule has 0 aliphatic carbocycles. The molecule has 0 saturated heterocycles. The van der Waals surface area contributed by atoms with Gasteiger partial charge in [-0.2, -0.15) is 0 Å². The minimum absolute atomic E-state index is 0.755. The van der Waals surface area contributed by atoms with Crippen molar-refractivity contribution in [1.29, 1.82) is 0 Å². The SMILES string of the molecule is CN(C/C=C/C#CC(C)(C)C(=O)O)Cc1cccc2ccccc12. The van der Waals surface area contributed by atoms with Gasteiger partial charge in [0.05, 0.1) is 0 Å². The third kappa shape index (κ3) is 4.71. The van der Waals surface area contributed by atoms with Gasteiger partial charge in [0.25, 0.3) is 0 Å². The van der Waals surface area contributed by atoms with Crippen LogP contribution in [0.4, 0.5) is 0 Å². The van der Waals surface area contributed by atoms with Gasteiger partial charge in [-0.15, -0.1) is 0 Å². The normalized spacial score (nSPS) is 11.7. The number of allylic oxidation sites excluding steroid dienone is 1. The van der Waals surface area contributed by atoms with Gasteiger partial charge in [-0.05, 0) is 43.3 Å². The third-order valence-corrected chi connectivity index (χ3v) is 3.86. The van der Waals surface area contributed by atoms with E-state index in [2.05, 4.69) is 66.3 Å². The standard InChI is InChI=1S/C21H23NO2/c1-21(2,20(23)24)14-7-4-8-15-22(3)16-18-12-9-11-17-10-5-6-13-19(17)18/h4-6,8-13H,15-16H2,1-3H3,(H,23,24)/b8-4+. The number of rotatable bonds is 5. The van der Waals surface area contributed by atoms with Crippen LogP contribution in [0.5, 0.6) is 0 Å². The molecule has 0 radical (unpaired) electrons. The summed E-state index contributed by atoms with van der Waals surface area (Å²) in [4.78, 5) is 13.2. The number of likely N-dealkylation sites (N-methyl/N-ethyl adjacent to an activating group) is 1. The van der Waals surface area contributed by atoms with Crippen molar-refractivity contribution >= 4 is 16.7 Å². The minimum Gasteiger partial charge on any atom is -0.480 e. The fourth-order valence-corrected chi connectivity index (χ4v) is 2.35. The Morgan fingerprint density at radius 2 is 1.92 bits per heavy atom. The van der Waals surface area contributed by atoms with Crippen LogP contribution in [0.3, 0.4) is 0 Å². The quantitative estimate of drug-likeness (QED) is 0.848. The highest BCUT2D eigenvalue weighted by atomic mass is 16.4. The largest absolute Gasteiger partial charge is 0.480 e. The number of carboxylic acid groups (broad SMARTS) is 1. The molecule has 0 bridgehead atoms. The predicted octanol–water partition coefficient (Wildman–Crippen LogP) is 3.94. The number of fused-ring (bicyclic) bond motifs is 1. The van der Waals surface area contributed by atoms with E-state index in [-0.39, 0.29) is 0 Å². The summed E-state index contributed by atoms with van der Waals surface area (Å²) in [5, 5.41) is 11.5. The molecule has 2 aromatic carbocycles. The van der Waals surface area contributed by atoms with Crippen LogP contribution < -0.4 is 0 Å². The molecule has 124 valence electrons. The molecule has 2 aromatic rings. The first kappa shape index (κ1) is 17.8. The summed E-state index contributed by atoms with van der Waals surface area (Å²) in [6, 6.07) is 14.7. The predicted molar refractivity (Wildman–Crippen MR) is 98.6 cm³/mol. The number of hydrogen-bond donors (Lipinski definition) is 1. The number of benzene rings is 2. The van der Waals surface area contributed by atoms with Crippen molar-refractivity contribution in [2.45, 2.75) is 20.4 Å². The van der Waals surface area contributed by atoms with Crippen LogP contribution in [0.1, 0.15) is 19.4 Å². The van der Waals surface area contributed by atoms with E-state index < -0.39 is 11.4 Å². The molecule has 0 aliphatic rings. The van der Waals surface area contributed by atoms with Gasteiger partial charge in [0.1, 0.15) is 5.41 Å². The third-order valence-electron chi connectivity index (χ3n) is 3.86. The van der Waals surface area contributed by atoms with Gasteiger partial charge in [-0.25, -0.2) is 0 Å². The molecule has 2 rings (SSSR count). The first-order valence-corrected chi connectivity index (χ1v) is 7.96. The topological polar surface area (TPSA) is 40.5 Å². The number of hydrogen-bond acceptors (Lipinski definition) is 2. The van der Waals surface area contributed by atoms with E-state index >= 15 is 0 Å². The Morgan fingerprint density at radius 3 is 2.67 bits per heavy atom. The van der Waals surface area contributed by atoms with Crippen molar-refractivity contribution in [3.05, 3.63) is 60.2 Å². The zero-order valence-corrected chi connectivity index (χ0v) is 14.4. The molecule has 0 heterocycles. The molecule has 24 heavy (non-hydrogen) atoms. The first-order valence-electron chi connectivity index (χ1n) is 7.96. The Kier molecular flexibility index (Phi) is 5.78. The Labute approximate surface area is 143 Å². The maximum atomic E-state index is 11.0. The number of carboxylic acids is 1. The second-order valence-corrected chi connectivity index (χ2v) is 6.44. The molecule has 3 heteroatoms. The van der Waals surface area contributed by atoms with Crippen molar-refractivity contribution < 1.29 is 9.90 Å². The zero-order chi connectivity index (χ0) is 17.6.